The van der Waals surface area contributed by atoms with Crippen molar-refractivity contribution in [3.8, 4) is 5.75 Å². The first-order chi connectivity index (χ1) is 6.72. The number of rotatable bonds is 2. The average Bonchev–Trinajstić information content (AvgIpc) is 2.62. The number of fused-ring (bicyclic) bond motifs is 1. The van der Waals surface area contributed by atoms with Gasteiger partial charge in [-0.05, 0) is 34.7 Å². The Bertz CT molecular complexity index is 364. The van der Waals surface area contributed by atoms with Crippen LogP contribution in [0.5, 0.6) is 5.75 Å². The van der Waals surface area contributed by atoms with E-state index >= 15 is 0 Å². The first-order valence-corrected chi connectivity index (χ1v) is 5.14. The van der Waals surface area contributed by atoms with E-state index in [1.807, 2.05) is 6.08 Å². The summed E-state index contributed by atoms with van der Waals surface area (Å²) < 4.78 is 5.55. The van der Waals surface area contributed by atoms with Crippen LogP contribution in [0, 0.1) is 0 Å². The van der Waals surface area contributed by atoms with Crippen molar-refractivity contribution in [1.29, 1.82) is 0 Å². The minimum atomic E-state index is 0.525. The molecule has 1 aromatic rings. The topological polar surface area (TPSA) is 9.23 Å². The lowest BCUT2D eigenvalue weighted by atomic mass is 9.94. The number of benzene rings is 1. The molecular weight excluding hydrogens is 172 g/mol. The van der Waals surface area contributed by atoms with Crippen LogP contribution in [0.25, 0.3) is 6.08 Å². The van der Waals surface area contributed by atoms with Gasteiger partial charge in [-0.25, -0.2) is 0 Å². The zero-order valence-electron chi connectivity index (χ0n) is 8.84. The monoisotopic (exact) mass is 188 g/mol. The molecule has 0 aromatic heterocycles. The molecule has 2 rings (SSSR count). The minimum Gasteiger partial charge on any atom is -0.493 e. The molecule has 1 heterocycles. The van der Waals surface area contributed by atoms with Gasteiger partial charge in [-0.3, -0.25) is 0 Å². The Kier molecular flexibility index (Phi) is 2.32. The van der Waals surface area contributed by atoms with E-state index < -0.39 is 0 Å². The van der Waals surface area contributed by atoms with Crippen LogP contribution in [-0.2, 0) is 6.42 Å². The van der Waals surface area contributed by atoms with Gasteiger partial charge in [0.15, 0.2) is 0 Å². The maximum absolute atomic E-state index is 5.55. The normalized spacial score (nSPS) is 13.9. The summed E-state index contributed by atoms with van der Waals surface area (Å²) in [5.74, 6) is 1.59. The molecule has 1 heteroatoms. The minimum absolute atomic E-state index is 0.525. The third kappa shape index (κ3) is 1.43. The van der Waals surface area contributed by atoms with E-state index in [0.29, 0.717) is 5.92 Å². The molecular formula is C13H16O. The summed E-state index contributed by atoms with van der Waals surface area (Å²) in [5.41, 5.74) is 3.91. The molecule has 0 fully saturated rings. The van der Waals surface area contributed by atoms with Crippen molar-refractivity contribution in [1.82, 2.24) is 0 Å². The lowest BCUT2D eigenvalue weighted by Gasteiger charge is -2.11. The first kappa shape index (κ1) is 9.32. The molecule has 74 valence electrons. The van der Waals surface area contributed by atoms with Crippen LogP contribution in [0.2, 0.25) is 0 Å². The standard InChI is InChI=1S/C13H16O/c1-4-10-7-11-5-6-14-13(11)8-12(10)9(2)3/h4,7-9H,1,5-6H2,2-3H3. The lowest BCUT2D eigenvalue weighted by Crippen LogP contribution is -1.93. The predicted molar refractivity (Wildman–Crippen MR) is 59.8 cm³/mol. The molecule has 1 aliphatic heterocycles. The number of hydrogen-bond donors (Lipinski definition) is 0. The van der Waals surface area contributed by atoms with Gasteiger partial charge < -0.3 is 4.74 Å². The second-order valence-electron chi connectivity index (χ2n) is 4.05. The second-order valence-corrected chi connectivity index (χ2v) is 4.05. The Morgan fingerprint density at radius 1 is 1.43 bits per heavy atom. The summed E-state index contributed by atoms with van der Waals surface area (Å²) in [5, 5.41) is 0. The molecule has 0 unspecified atom stereocenters. The van der Waals surface area contributed by atoms with Gasteiger partial charge in [0.05, 0.1) is 6.61 Å². The van der Waals surface area contributed by atoms with Gasteiger partial charge in [0.2, 0.25) is 0 Å². The van der Waals surface area contributed by atoms with Crippen molar-refractivity contribution < 1.29 is 4.74 Å². The van der Waals surface area contributed by atoms with Gasteiger partial charge >= 0.3 is 0 Å². The number of ether oxygens (including phenoxy) is 1. The zero-order chi connectivity index (χ0) is 10.1. The molecule has 1 aromatic carbocycles. The molecule has 0 N–H and O–H groups in total. The molecule has 0 saturated heterocycles. The van der Waals surface area contributed by atoms with Crippen molar-refractivity contribution in [2.75, 3.05) is 6.61 Å². The summed E-state index contributed by atoms with van der Waals surface area (Å²) in [7, 11) is 0. The summed E-state index contributed by atoms with van der Waals surface area (Å²) in [6, 6.07) is 4.38. The van der Waals surface area contributed by atoms with Crippen molar-refractivity contribution >= 4 is 6.08 Å². The highest BCUT2D eigenvalue weighted by Crippen LogP contribution is 2.32. The van der Waals surface area contributed by atoms with Gasteiger partial charge in [0, 0.05) is 6.42 Å². The SMILES string of the molecule is C=Cc1cc2c(cc1C(C)C)OCC2. The number of hydrogen-bond acceptors (Lipinski definition) is 1. The lowest BCUT2D eigenvalue weighted by molar-refractivity contribution is 0.356. The van der Waals surface area contributed by atoms with E-state index in [4.69, 9.17) is 4.74 Å². The van der Waals surface area contributed by atoms with Crippen LogP contribution in [-0.4, -0.2) is 6.61 Å². The maximum atomic E-state index is 5.55. The summed E-state index contributed by atoms with van der Waals surface area (Å²) in [6.45, 7) is 9.08. The molecule has 0 spiro atoms. The molecule has 1 aliphatic rings. The van der Waals surface area contributed by atoms with Gasteiger partial charge in [-0.1, -0.05) is 26.5 Å². The maximum Gasteiger partial charge on any atom is 0.122 e. The fourth-order valence-electron chi connectivity index (χ4n) is 1.94. The quantitative estimate of drug-likeness (QED) is 0.691. The van der Waals surface area contributed by atoms with Gasteiger partial charge in [-0.15, -0.1) is 0 Å². The largest absolute Gasteiger partial charge is 0.493 e. The Labute approximate surface area is 85.4 Å². The van der Waals surface area contributed by atoms with E-state index in [9.17, 15) is 0 Å². The van der Waals surface area contributed by atoms with Crippen LogP contribution in [0.1, 0.15) is 36.5 Å². The molecule has 0 aliphatic carbocycles. The van der Waals surface area contributed by atoms with Crippen molar-refractivity contribution in [3.63, 3.8) is 0 Å². The van der Waals surface area contributed by atoms with Gasteiger partial charge in [0.25, 0.3) is 0 Å². The third-order valence-corrected chi connectivity index (χ3v) is 2.74. The highest BCUT2D eigenvalue weighted by atomic mass is 16.5. The molecule has 0 amide bonds. The Morgan fingerprint density at radius 3 is 2.86 bits per heavy atom. The van der Waals surface area contributed by atoms with Crippen LogP contribution in [0.3, 0.4) is 0 Å². The fraction of sp³-hybridized carbons (Fsp3) is 0.385. The fourth-order valence-corrected chi connectivity index (χ4v) is 1.94. The molecule has 0 atom stereocenters. The third-order valence-electron chi connectivity index (χ3n) is 2.74. The highest BCUT2D eigenvalue weighted by molar-refractivity contribution is 5.58. The van der Waals surface area contributed by atoms with E-state index in [2.05, 4.69) is 32.6 Å². The Balaban J connectivity index is 2.54. The van der Waals surface area contributed by atoms with Crippen molar-refractivity contribution in [2.45, 2.75) is 26.2 Å². The average molecular weight is 188 g/mol. The van der Waals surface area contributed by atoms with E-state index in [1.54, 1.807) is 0 Å². The summed E-state index contributed by atoms with van der Waals surface area (Å²) in [6.07, 6.45) is 2.97. The zero-order valence-corrected chi connectivity index (χ0v) is 8.84. The molecule has 14 heavy (non-hydrogen) atoms. The molecule has 0 saturated carbocycles. The second kappa shape index (κ2) is 3.49. The predicted octanol–water partition coefficient (Wildman–Crippen LogP) is 3.39. The van der Waals surface area contributed by atoms with Gasteiger partial charge in [0.1, 0.15) is 5.75 Å². The van der Waals surface area contributed by atoms with Crippen LogP contribution in [0.4, 0.5) is 0 Å². The molecule has 1 nitrogen and oxygen atoms in total. The highest BCUT2D eigenvalue weighted by Gasteiger charge is 2.15. The van der Waals surface area contributed by atoms with Crippen LogP contribution < -0.4 is 4.74 Å². The van der Waals surface area contributed by atoms with Crippen molar-refractivity contribution in [3.05, 3.63) is 35.4 Å². The van der Waals surface area contributed by atoms with E-state index in [0.717, 1.165) is 18.8 Å². The summed E-state index contributed by atoms with van der Waals surface area (Å²) in [4.78, 5) is 0. The van der Waals surface area contributed by atoms with Crippen LogP contribution in [0.15, 0.2) is 18.7 Å². The van der Waals surface area contributed by atoms with E-state index in [1.165, 1.54) is 16.7 Å². The van der Waals surface area contributed by atoms with Gasteiger partial charge in [-0.2, -0.15) is 0 Å². The first-order valence-electron chi connectivity index (χ1n) is 5.14. The van der Waals surface area contributed by atoms with Crippen molar-refractivity contribution in [2.24, 2.45) is 0 Å². The smallest absolute Gasteiger partial charge is 0.122 e. The molecule has 0 radical (unpaired) electrons. The Morgan fingerprint density at radius 2 is 2.21 bits per heavy atom. The molecule has 0 bridgehead atoms. The summed E-state index contributed by atoms with van der Waals surface area (Å²) >= 11 is 0. The van der Waals surface area contributed by atoms with E-state index in [-0.39, 0.29) is 0 Å². The van der Waals surface area contributed by atoms with Crippen LogP contribution >= 0.6 is 0 Å². The Hall–Kier alpha value is -1.24.